The average Bonchev–Trinajstić information content (AvgIpc) is 2.30. The third-order valence-electron chi connectivity index (χ3n) is 3.07. The van der Waals surface area contributed by atoms with E-state index >= 15 is 0 Å². The summed E-state index contributed by atoms with van der Waals surface area (Å²) in [7, 11) is 0. The van der Waals surface area contributed by atoms with Gasteiger partial charge in [0, 0.05) is 6.04 Å². The van der Waals surface area contributed by atoms with Gasteiger partial charge in [0.25, 0.3) is 0 Å². The predicted octanol–water partition coefficient (Wildman–Crippen LogP) is 3.06. The van der Waals surface area contributed by atoms with E-state index in [2.05, 4.69) is 36.5 Å². The van der Waals surface area contributed by atoms with Crippen LogP contribution in [-0.2, 0) is 6.42 Å². The number of hydrogen-bond donors (Lipinski definition) is 1. The molecule has 1 aromatic carbocycles. The molecule has 1 heteroatoms. The topological polar surface area (TPSA) is 12.0 Å². The summed E-state index contributed by atoms with van der Waals surface area (Å²) >= 11 is 0. The summed E-state index contributed by atoms with van der Waals surface area (Å²) in [5.41, 5.74) is 2.93. The molecule has 0 amide bonds. The van der Waals surface area contributed by atoms with Crippen LogP contribution in [0.3, 0.4) is 0 Å². The summed E-state index contributed by atoms with van der Waals surface area (Å²) in [5.74, 6) is 0. The molecule has 0 unspecified atom stereocenters. The molecule has 0 bridgehead atoms. The van der Waals surface area contributed by atoms with Crippen LogP contribution in [0.2, 0.25) is 0 Å². The van der Waals surface area contributed by atoms with E-state index in [1.807, 2.05) is 0 Å². The first-order valence-corrected chi connectivity index (χ1v) is 5.72. The Morgan fingerprint density at radius 3 is 3.00 bits per heavy atom. The zero-order chi connectivity index (χ0) is 9.80. The van der Waals surface area contributed by atoms with Gasteiger partial charge >= 0.3 is 0 Å². The zero-order valence-corrected chi connectivity index (χ0v) is 8.92. The third-order valence-corrected chi connectivity index (χ3v) is 3.07. The van der Waals surface area contributed by atoms with Crippen LogP contribution in [0.5, 0.6) is 0 Å². The zero-order valence-electron chi connectivity index (χ0n) is 8.92. The van der Waals surface area contributed by atoms with Crippen LogP contribution < -0.4 is 5.32 Å². The minimum atomic E-state index is 0.607. The molecular weight excluding hydrogens is 170 g/mol. The molecule has 1 nitrogen and oxygen atoms in total. The first-order valence-electron chi connectivity index (χ1n) is 5.72. The number of benzene rings is 1. The molecule has 0 spiro atoms. The Morgan fingerprint density at radius 2 is 2.29 bits per heavy atom. The second-order valence-corrected chi connectivity index (χ2v) is 4.10. The van der Waals surface area contributed by atoms with Gasteiger partial charge in [-0.15, -0.1) is 0 Å². The fourth-order valence-corrected chi connectivity index (χ4v) is 2.17. The van der Waals surface area contributed by atoms with E-state index in [4.69, 9.17) is 0 Å². The molecule has 0 aromatic heterocycles. The maximum Gasteiger partial charge on any atom is 0.0320 e. The Labute approximate surface area is 86.5 Å². The maximum atomic E-state index is 3.59. The summed E-state index contributed by atoms with van der Waals surface area (Å²) in [6.07, 6.45) is 5.14. The molecule has 1 aromatic rings. The van der Waals surface area contributed by atoms with Crippen molar-refractivity contribution in [3.8, 4) is 0 Å². The lowest BCUT2D eigenvalue weighted by Gasteiger charge is -2.24. The highest BCUT2D eigenvalue weighted by molar-refractivity contribution is 5.26. The summed E-state index contributed by atoms with van der Waals surface area (Å²) in [4.78, 5) is 0. The van der Waals surface area contributed by atoms with Gasteiger partial charge in [-0.25, -0.2) is 0 Å². The normalized spacial score (nSPS) is 22.2. The fraction of sp³-hybridized carbons (Fsp3) is 0.538. The predicted molar refractivity (Wildman–Crippen MR) is 60.4 cm³/mol. The molecule has 1 saturated heterocycles. The summed E-state index contributed by atoms with van der Waals surface area (Å²) in [6, 6.07) is 9.61. The highest BCUT2D eigenvalue weighted by Gasteiger charge is 2.14. The van der Waals surface area contributed by atoms with Crippen LogP contribution >= 0.6 is 0 Å². The molecule has 1 aliphatic heterocycles. The first kappa shape index (κ1) is 9.72. The van der Waals surface area contributed by atoms with Crippen molar-refractivity contribution in [1.29, 1.82) is 0 Å². The van der Waals surface area contributed by atoms with Crippen LogP contribution in [0.1, 0.15) is 43.4 Å². The summed E-state index contributed by atoms with van der Waals surface area (Å²) in [5, 5.41) is 3.59. The molecule has 1 aliphatic rings. The van der Waals surface area contributed by atoms with Gasteiger partial charge in [0.2, 0.25) is 0 Å². The minimum absolute atomic E-state index is 0.607. The van der Waals surface area contributed by atoms with E-state index in [1.54, 1.807) is 0 Å². The van der Waals surface area contributed by atoms with Crippen LogP contribution in [0.25, 0.3) is 0 Å². The van der Waals surface area contributed by atoms with Crippen molar-refractivity contribution >= 4 is 0 Å². The van der Waals surface area contributed by atoms with Crippen molar-refractivity contribution in [3.05, 3.63) is 35.4 Å². The highest BCUT2D eigenvalue weighted by Crippen LogP contribution is 2.23. The van der Waals surface area contributed by atoms with Crippen LogP contribution in [0, 0.1) is 0 Å². The molecule has 76 valence electrons. The number of rotatable bonds is 2. The molecular formula is C13H19N. The van der Waals surface area contributed by atoms with E-state index in [0.717, 1.165) is 6.42 Å². The monoisotopic (exact) mass is 189 g/mol. The number of hydrogen-bond acceptors (Lipinski definition) is 1. The Balaban J connectivity index is 2.13. The van der Waals surface area contributed by atoms with Crippen LogP contribution in [-0.4, -0.2) is 6.54 Å². The van der Waals surface area contributed by atoms with E-state index in [1.165, 1.54) is 36.9 Å². The van der Waals surface area contributed by atoms with E-state index < -0.39 is 0 Å². The number of piperidine rings is 1. The largest absolute Gasteiger partial charge is 0.310 e. The lowest BCUT2D eigenvalue weighted by atomic mass is 9.96. The Kier molecular flexibility index (Phi) is 3.20. The van der Waals surface area contributed by atoms with Crippen molar-refractivity contribution in [1.82, 2.24) is 5.32 Å². The molecule has 1 atom stereocenters. The van der Waals surface area contributed by atoms with Gasteiger partial charge < -0.3 is 5.32 Å². The maximum absolute atomic E-state index is 3.59. The SMILES string of the molecule is CCc1cccc([C@H]2CCCCN2)c1. The molecule has 2 rings (SSSR count). The Bertz CT molecular complexity index is 287. The lowest BCUT2D eigenvalue weighted by Crippen LogP contribution is -2.26. The second-order valence-electron chi connectivity index (χ2n) is 4.10. The van der Waals surface area contributed by atoms with E-state index in [9.17, 15) is 0 Å². The highest BCUT2D eigenvalue weighted by atomic mass is 14.9. The van der Waals surface area contributed by atoms with Gasteiger partial charge in [-0.2, -0.15) is 0 Å². The fourth-order valence-electron chi connectivity index (χ4n) is 2.17. The van der Waals surface area contributed by atoms with Gasteiger partial charge in [-0.05, 0) is 36.9 Å². The molecule has 1 heterocycles. The van der Waals surface area contributed by atoms with Gasteiger partial charge in [0.15, 0.2) is 0 Å². The van der Waals surface area contributed by atoms with Crippen LogP contribution in [0.15, 0.2) is 24.3 Å². The smallest absolute Gasteiger partial charge is 0.0320 e. The minimum Gasteiger partial charge on any atom is -0.310 e. The number of aryl methyl sites for hydroxylation is 1. The first-order chi connectivity index (χ1) is 6.90. The van der Waals surface area contributed by atoms with Crippen molar-refractivity contribution in [2.24, 2.45) is 0 Å². The third kappa shape index (κ3) is 2.16. The second kappa shape index (κ2) is 4.61. The van der Waals surface area contributed by atoms with Crippen molar-refractivity contribution < 1.29 is 0 Å². The van der Waals surface area contributed by atoms with Gasteiger partial charge in [0.05, 0.1) is 0 Å². The Morgan fingerprint density at radius 1 is 1.36 bits per heavy atom. The number of nitrogens with one attached hydrogen (secondary N) is 1. The van der Waals surface area contributed by atoms with Crippen molar-refractivity contribution in [2.75, 3.05) is 6.54 Å². The standard InChI is InChI=1S/C13H19N/c1-2-11-6-5-7-12(10-11)13-8-3-4-9-14-13/h5-7,10,13-14H,2-4,8-9H2,1H3/t13-/m1/s1. The quantitative estimate of drug-likeness (QED) is 0.754. The molecule has 0 radical (unpaired) electrons. The summed E-state index contributed by atoms with van der Waals surface area (Å²) in [6.45, 7) is 3.40. The van der Waals surface area contributed by atoms with Gasteiger partial charge in [-0.1, -0.05) is 37.6 Å². The molecule has 1 N–H and O–H groups in total. The molecule has 0 saturated carbocycles. The van der Waals surface area contributed by atoms with Crippen LogP contribution in [0.4, 0.5) is 0 Å². The van der Waals surface area contributed by atoms with Gasteiger partial charge in [0.1, 0.15) is 0 Å². The van der Waals surface area contributed by atoms with E-state index in [0.29, 0.717) is 6.04 Å². The van der Waals surface area contributed by atoms with Crippen molar-refractivity contribution in [3.63, 3.8) is 0 Å². The Hall–Kier alpha value is -0.820. The molecule has 14 heavy (non-hydrogen) atoms. The average molecular weight is 189 g/mol. The van der Waals surface area contributed by atoms with Gasteiger partial charge in [-0.3, -0.25) is 0 Å². The van der Waals surface area contributed by atoms with E-state index in [-0.39, 0.29) is 0 Å². The lowest BCUT2D eigenvalue weighted by molar-refractivity contribution is 0.412. The molecule has 0 aliphatic carbocycles. The summed E-state index contributed by atoms with van der Waals surface area (Å²) < 4.78 is 0. The van der Waals surface area contributed by atoms with Crippen molar-refractivity contribution in [2.45, 2.75) is 38.6 Å². The molecule has 1 fully saturated rings.